The normalized spacial score (nSPS) is 10.6. The van der Waals surface area contributed by atoms with Crippen molar-refractivity contribution in [3.8, 4) is 5.75 Å². The number of aromatic nitrogens is 2. The molecule has 128 valence electrons. The highest BCUT2D eigenvalue weighted by atomic mass is 16.5. The van der Waals surface area contributed by atoms with Gasteiger partial charge in [0.2, 0.25) is 0 Å². The Labute approximate surface area is 142 Å². The standard InChI is InChI=1S/C18H17N3O4/c1-11-6-5-7-12(2)16(11)25-10-15(22)20-21-17(23)13-8-3-4-9-14(13)19-18(21)24/h3-9H,10H2,1-2H3,(H,19,24)(H,20,22). The van der Waals surface area contributed by atoms with Crippen LogP contribution in [0.3, 0.4) is 0 Å². The zero-order valence-electron chi connectivity index (χ0n) is 13.8. The Bertz CT molecular complexity index is 1050. The number of para-hydroxylation sites is 2. The van der Waals surface area contributed by atoms with E-state index >= 15 is 0 Å². The lowest BCUT2D eigenvalue weighted by Gasteiger charge is -2.12. The van der Waals surface area contributed by atoms with Crippen LogP contribution in [-0.2, 0) is 4.79 Å². The lowest BCUT2D eigenvalue weighted by Crippen LogP contribution is -2.44. The molecule has 0 bridgehead atoms. The third-order valence-electron chi connectivity index (χ3n) is 3.80. The molecule has 0 aliphatic carbocycles. The summed E-state index contributed by atoms with van der Waals surface area (Å²) in [5.41, 5.74) is 3.17. The van der Waals surface area contributed by atoms with Gasteiger partial charge in [-0.1, -0.05) is 30.3 Å². The van der Waals surface area contributed by atoms with Crippen LogP contribution in [0, 0.1) is 13.8 Å². The van der Waals surface area contributed by atoms with Gasteiger partial charge >= 0.3 is 5.69 Å². The number of hydrogen-bond acceptors (Lipinski definition) is 4. The second kappa shape index (κ2) is 6.64. The summed E-state index contributed by atoms with van der Waals surface area (Å²) in [5.74, 6) is 0.00273. The molecule has 0 saturated carbocycles. The van der Waals surface area contributed by atoms with Crippen molar-refractivity contribution in [3.63, 3.8) is 0 Å². The fourth-order valence-electron chi connectivity index (χ4n) is 2.59. The van der Waals surface area contributed by atoms with Crippen LogP contribution in [0.25, 0.3) is 10.9 Å². The molecule has 0 saturated heterocycles. The second-order valence-corrected chi connectivity index (χ2v) is 5.66. The van der Waals surface area contributed by atoms with Crippen LogP contribution >= 0.6 is 0 Å². The monoisotopic (exact) mass is 339 g/mol. The Kier molecular flexibility index (Phi) is 4.38. The number of nitrogens with one attached hydrogen (secondary N) is 2. The number of ether oxygens (including phenoxy) is 1. The average molecular weight is 339 g/mol. The molecular weight excluding hydrogens is 322 g/mol. The molecule has 0 aliphatic rings. The number of rotatable bonds is 4. The van der Waals surface area contributed by atoms with Crippen molar-refractivity contribution in [2.45, 2.75) is 13.8 Å². The molecule has 0 atom stereocenters. The number of carbonyl (C=O) groups excluding carboxylic acids is 1. The predicted molar refractivity (Wildman–Crippen MR) is 94.6 cm³/mol. The van der Waals surface area contributed by atoms with Gasteiger partial charge in [0, 0.05) is 0 Å². The first kappa shape index (κ1) is 16.5. The van der Waals surface area contributed by atoms with Gasteiger partial charge < -0.3 is 9.72 Å². The van der Waals surface area contributed by atoms with Crippen LogP contribution in [0.5, 0.6) is 5.75 Å². The predicted octanol–water partition coefficient (Wildman–Crippen LogP) is 1.46. The molecule has 0 radical (unpaired) electrons. The van der Waals surface area contributed by atoms with Crippen LogP contribution in [-0.4, -0.2) is 22.2 Å². The van der Waals surface area contributed by atoms with Crippen LogP contribution < -0.4 is 21.4 Å². The Morgan fingerprint density at radius 3 is 2.48 bits per heavy atom. The quantitative estimate of drug-likeness (QED) is 0.752. The van der Waals surface area contributed by atoms with Crippen molar-refractivity contribution in [1.82, 2.24) is 9.66 Å². The summed E-state index contributed by atoms with van der Waals surface area (Å²) < 4.78 is 6.18. The highest BCUT2D eigenvalue weighted by Crippen LogP contribution is 2.21. The van der Waals surface area contributed by atoms with E-state index in [2.05, 4.69) is 10.4 Å². The molecule has 3 rings (SSSR count). The smallest absolute Gasteiger partial charge is 0.348 e. The average Bonchev–Trinajstić information content (AvgIpc) is 2.58. The van der Waals surface area contributed by atoms with E-state index in [-0.39, 0.29) is 6.61 Å². The SMILES string of the molecule is Cc1cccc(C)c1OCC(=O)Nn1c(=O)[nH]c2ccccc2c1=O. The summed E-state index contributed by atoms with van der Waals surface area (Å²) in [6.45, 7) is 3.43. The number of nitrogens with zero attached hydrogens (tertiary/aromatic N) is 1. The molecule has 7 nitrogen and oxygen atoms in total. The number of aromatic amines is 1. The minimum Gasteiger partial charge on any atom is -0.483 e. The van der Waals surface area contributed by atoms with Gasteiger partial charge in [0.25, 0.3) is 11.5 Å². The highest BCUT2D eigenvalue weighted by molar-refractivity contribution is 5.85. The van der Waals surface area contributed by atoms with Gasteiger partial charge in [-0.3, -0.25) is 15.0 Å². The maximum absolute atomic E-state index is 12.4. The van der Waals surface area contributed by atoms with E-state index < -0.39 is 17.2 Å². The molecule has 1 aromatic heterocycles. The number of benzene rings is 2. The third-order valence-corrected chi connectivity index (χ3v) is 3.80. The molecule has 25 heavy (non-hydrogen) atoms. The first-order valence-corrected chi connectivity index (χ1v) is 7.70. The molecule has 2 N–H and O–H groups in total. The van der Waals surface area contributed by atoms with Crippen molar-refractivity contribution in [2.75, 3.05) is 12.0 Å². The van der Waals surface area contributed by atoms with Crippen LogP contribution in [0.2, 0.25) is 0 Å². The maximum atomic E-state index is 12.4. The van der Waals surface area contributed by atoms with E-state index in [4.69, 9.17) is 4.74 Å². The molecule has 0 aliphatic heterocycles. The highest BCUT2D eigenvalue weighted by Gasteiger charge is 2.12. The fraction of sp³-hybridized carbons (Fsp3) is 0.167. The molecule has 0 spiro atoms. The van der Waals surface area contributed by atoms with Gasteiger partial charge in [0.05, 0.1) is 10.9 Å². The molecule has 0 unspecified atom stereocenters. The number of carbonyl (C=O) groups is 1. The summed E-state index contributed by atoms with van der Waals surface area (Å²) in [4.78, 5) is 39.0. The minimum absolute atomic E-state index is 0.304. The minimum atomic E-state index is -0.718. The van der Waals surface area contributed by atoms with E-state index in [1.54, 1.807) is 24.3 Å². The number of amides is 1. The van der Waals surface area contributed by atoms with Gasteiger partial charge in [0.15, 0.2) is 6.61 Å². The molecule has 3 aromatic rings. The fourth-order valence-corrected chi connectivity index (χ4v) is 2.59. The van der Waals surface area contributed by atoms with Crippen molar-refractivity contribution in [2.24, 2.45) is 0 Å². The Morgan fingerprint density at radius 2 is 1.76 bits per heavy atom. The summed E-state index contributed by atoms with van der Waals surface area (Å²) >= 11 is 0. The van der Waals surface area contributed by atoms with Crippen LogP contribution in [0.1, 0.15) is 11.1 Å². The molecule has 2 aromatic carbocycles. The van der Waals surface area contributed by atoms with Gasteiger partial charge in [-0.2, -0.15) is 4.68 Å². The summed E-state index contributed by atoms with van der Waals surface area (Å²) in [7, 11) is 0. The lowest BCUT2D eigenvalue weighted by atomic mass is 10.1. The second-order valence-electron chi connectivity index (χ2n) is 5.66. The van der Waals surface area contributed by atoms with Crippen molar-refractivity contribution in [3.05, 3.63) is 74.4 Å². The van der Waals surface area contributed by atoms with Crippen molar-refractivity contribution < 1.29 is 9.53 Å². The largest absolute Gasteiger partial charge is 0.483 e. The van der Waals surface area contributed by atoms with E-state index in [9.17, 15) is 14.4 Å². The molecule has 1 amide bonds. The van der Waals surface area contributed by atoms with Crippen molar-refractivity contribution >= 4 is 16.8 Å². The van der Waals surface area contributed by atoms with Gasteiger partial charge in [0.1, 0.15) is 5.75 Å². The molecule has 1 heterocycles. The Hall–Kier alpha value is -3.35. The Balaban J connectivity index is 1.81. The van der Waals surface area contributed by atoms with E-state index in [0.29, 0.717) is 21.3 Å². The number of fused-ring (bicyclic) bond motifs is 1. The van der Waals surface area contributed by atoms with E-state index in [1.165, 1.54) is 0 Å². The first-order valence-electron chi connectivity index (χ1n) is 7.70. The van der Waals surface area contributed by atoms with Gasteiger partial charge in [-0.15, -0.1) is 0 Å². The number of hydrogen-bond donors (Lipinski definition) is 2. The van der Waals surface area contributed by atoms with Gasteiger partial charge in [-0.05, 0) is 37.1 Å². The number of aryl methyl sites for hydroxylation is 2. The summed E-state index contributed by atoms with van der Waals surface area (Å²) in [6.07, 6.45) is 0. The first-order chi connectivity index (χ1) is 12.0. The zero-order chi connectivity index (χ0) is 18.0. The van der Waals surface area contributed by atoms with Crippen molar-refractivity contribution in [1.29, 1.82) is 0 Å². The number of H-pyrrole nitrogens is 1. The topological polar surface area (TPSA) is 93.2 Å². The lowest BCUT2D eigenvalue weighted by molar-refractivity contribution is -0.119. The third kappa shape index (κ3) is 3.30. The molecule has 0 fully saturated rings. The van der Waals surface area contributed by atoms with Crippen LogP contribution in [0.4, 0.5) is 0 Å². The Morgan fingerprint density at radius 1 is 1.08 bits per heavy atom. The zero-order valence-corrected chi connectivity index (χ0v) is 13.8. The molecule has 7 heteroatoms. The summed E-state index contributed by atoms with van der Waals surface area (Å²) in [5, 5.41) is 0.304. The summed E-state index contributed by atoms with van der Waals surface area (Å²) in [6, 6.07) is 12.2. The van der Waals surface area contributed by atoms with Gasteiger partial charge in [-0.25, -0.2) is 4.79 Å². The maximum Gasteiger partial charge on any atom is 0.348 e. The van der Waals surface area contributed by atoms with E-state index in [0.717, 1.165) is 11.1 Å². The van der Waals surface area contributed by atoms with E-state index in [1.807, 2.05) is 32.0 Å². The van der Waals surface area contributed by atoms with Crippen LogP contribution in [0.15, 0.2) is 52.1 Å². The molecular formula is C18H17N3O4.